The van der Waals surface area contributed by atoms with Gasteiger partial charge in [-0.25, -0.2) is 4.79 Å². The highest BCUT2D eigenvalue weighted by Gasteiger charge is 2.33. The fourth-order valence-corrected chi connectivity index (χ4v) is 3.93. The molecule has 0 atom stereocenters. The first-order valence-electron chi connectivity index (χ1n) is 9.68. The minimum Gasteiger partial charge on any atom is -0.318 e. The summed E-state index contributed by atoms with van der Waals surface area (Å²) in [7, 11) is 0. The van der Waals surface area contributed by atoms with Crippen LogP contribution in [0.25, 0.3) is 11.8 Å². The van der Waals surface area contributed by atoms with Crippen molar-refractivity contribution >= 4 is 33.9 Å². The van der Waals surface area contributed by atoms with Crippen LogP contribution in [-0.2, 0) is 11.3 Å². The number of nitrogens with zero attached hydrogens (tertiary/aromatic N) is 2. The van der Waals surface area contributed by atoms with Crippen LogP contribution in [0.3, 0.4) is 0 Å². The van der Waals surface area contributed by atoms with Gasteiger partial charge in [-0.2, -0.15) is 0 Å². The predicted molar refractivity (Wildman–Crippen MR) is 121 cm³/mol. The van der Waals surface area contributed by atoms with Gasteiger partial charge in [0.1, 0.15) is 5.70 Å². The summed E-state index contributed by atoms with van der Waals surface area (Å²) < 4.78 is 3.15. The Bertz CT molecular complexity index is 1160. The maximum absolute atomic E-state index is 12.9. The maximum Gasteiger partial charge on any atom is 0.329 e. The van der Waals surface area contributed by atoms with Crippen LogP contribution in [0.5, 0.6) is 0 Å². The molecule has 1 fully saturated rings. The normalized spacial score (nSPS) is 15.2. The second-order valence-electron chi connectivity index (χ2n) is 7.50. The Morgan fingerprint density at radius 3 is 2.30 bits per heavy atom. The Hall–Kier alpha value is -3.12. The zero-order valence-electron chi connectivity index (χ0n) is 17.1. The molecule has 152 valence electrons. The van der Waals surface area contributed by atoms with Crippen LogP contribution in [0.4, 0.5) is 4.79 Å². The number of rotatable bonds is 4. The third-order valence-corrected chi connectivity index (χ3v) is 5.81. The second-order valence-corrected chi connectivity index (χ2v) is 8.42. The molecule has 1 N–H and O–H groups in total. The van der Waals surface area contributed by atoms with Gasteiger partial charge in [-0.1, -0.05) is 45.8 Å². The van der Waals surface area contributed by atoms with Gasteiger partial charge >= 0.3 is 6.03 Å². The van der Waals surface area contributed by atoms with Gasteiger partial charge in [0.25, 0.3) is 5.91 Å². The van der Waals surface area contributed by atoms with Crippen LogP contribution >= 0.6 is 15.9 Å². The third kappa shape index (κ3) is 3.83. The number of halogens is 1. The van der Waals surface area contributed by atoms with E-state index in [1.165, 1.54) is 4.90 Å². The Morgan fingerprint density at radius 1 is 0.967 bits per heavy atom. The first kappa shape index (κ1) is 20.2. The highest BCUT2D eigenvalue weighted by atomic mass is 79.9. The number of nitrogens with one attached hydrogen (secondary N) is 1. The van der Waals surface area contributed by atoms with Crippen molar-refractivity contribution in [1.82, 2.24) is 14.8 Å². The largest absolute Gasteiger partial charge is 0.329 e. The Balaban J connectivity index is 1.61. The highest BCUT2D eigenvalue weighted by molar-refractivity contribution is 9.10. The molecule has 1 aliphatic heterocycles. The smallest absolute Gasteiger partial charge is 0.318 e. The second kappa shape index (κ2) is 7.95. The van der Waals surface area contributed by atoms with Gasteiger partial charge in [-0.05, 0) is 68.3 Å². The van der Waals surface area contributed by atoms with Crippen molar-refractivity contribution in [3.05, 3.63) is 92.8 Å². The van der Waals surface area contributed by atoms with Crippen molar-refractivity contribution in [3.8, 4) is 5.69 Å². The molecule has 30 heavy (non-hydrogen) atoms. The highest BCUT2D eigenvalue weighted by Crippen LogP contribution is 2.25. The molecule has 0 radical (unpaired) electrons. The van der Waals surface area contributed by atoms with Crippen molar-refractivity contribution in [2.24, 2.45) is 0 Å². The van der Waals surface area contributed by atoms with Crippen LogP contribution in [0, 0.1) is 20.8 Å². The number of urea groups is 1. The molecule has 2 heterocycles. The maximum atomic E-state index is 12.9. The lowest BCUT2D eigenvalue weighted by Gasteiger charge is -2.11. The van der Waals surface area contributed by atoms with Crippen LogP contribution in [0.2, 0.25) is 0 Å². The minimum atomic E-state index is -0.395. The van der Waals surface area contributed by atoms with Crippen LogP contribution in [-0.4, -0.2) is 21.4 Å². The molecule has 0 saturated carbocycles. The number of carbonyl (C=O) groups excluding carboxylic acids is 2. The molecule has 1 aliphatic rings. The lowest BCUT2D eigenvalue weighted by molar-refractivity contribution is -0.123. The van der Waals surface area contributed by atoms with Gasteiger partial charge in [0.05, 0.1) is 6.54 Å². The average molecular weight is 464 g/mol. The van der Waals surface area contributed by atoms with Gasteiger partial charge in [0, 0.05) is 21.5 Å². The van der Waals surface area contributed by atoms with Crippen molar-refractivity contribution in [1.29, 1.82) is 0 Å². The number of hydrogen-bond donors (Lipinski definition) is 1. The summed E-state index contributed by atoms with van der Waals surface area (Å²) in [5, 5.41) is 2.72. The molecule has 0 spiro atoms. The van der Waals surface area contributed by atoms with Gasteiger partial charge in [0.15, 0.2) is 0 Å². The van der Waals surface area contributed by atoms with E-state index in [9.17, 15) is 9.59 Å². The van der Waals surface area contributed by atoms with Crippen molar-refractivity contribution < 1.29 is 9.59 Å². The Morgan fingerprint density at radius 2 is 1.63 bits per heavy atom. The summed E-state index contributed by atoms with van der Waals surface area (Å²) in [5.41, 5.74) is 6.34. The molecule has 3 aromatic rings. The van der Waals surface area contributed by atoms with Gasteiger partial charge in [0.2, 0.25) is 0 Å². The van der Waals surface area contributed by atoms with E-state index in [1.54, 1.807) is 6.08 Å². The van der Waals surface area contributed by atoms with Crippen molar-refractivity contribution in [3.63, 3.8) is 0 Å². The van der Waals surface area contributed by atoms with E-state index in [1.807, 2.05) is 75.4 Å². The number of carbonyl (C=O) groups is 2. The molecule has 1 aromatic heterocycles. The van der Waals surface area contributed by atoms with E-state index < -0.39 is 6.03 Å². The lowest BCUT2D eigenvalue weighted by atomic mass is 10.1. The zero-order chi connectivity index (χ0) is 21.4. The van der Waals surface area contributed by atoms with E-state index in [0.29, 0.717) is 5.70 Å². The fourth-order valence-electron chi connectivity index (χ4n) is 3.67. The predicted octanol–water partition coefficient (Wildman–Crippen LogP) is 5.26. The van der Waals surface area contributed by atoms with Crippen molar-refractivity contribution in [2.75, 3.05) is 0 Å². The Kier molecular flexibility index (Phi) is 5.35. The Labute approximate surface area is 184 Å². The molecule has 3 amide bonds. The molecule has 0 bridgehead atoms. The number of aryl methyl sites for hydroxylation is 2. The van der Waals surface area contributed by atoms with Crippen LogP contribution in [0.15, 0.2) is 64.8 Å². The van der Waals surface area contributed by atoms with E-state index in [4.69, 9.17) is 0 Å². The monoisotopic (exact) mass is 463 g/mol. The van der Waals surface area contributed by atoms with E-state index in [-0.39, 0.29) is 12.5 Å². The van der Waals surface area contributed by atoms with Crippen molar-refractivity contribution in [2.45, 2.75) is 27.3 Å². The molecule has 1 saturated heterocycles. The molecule has 6 heteroatoms. The van der Waals surface area contributed by atoms with E-state index >= 15 is 0 Å². The lowest BCUT2D eigenvalue weighted by Crippen LogP contribution is -2.30. The fraction of sp³-hybridized carbons (Fsp3) is 0.167. The molecule has 2 aromatic carbocycles. The molecule has 4 rings (SSSR count). The molecular formula is C24H22BrN3O2. The number of benzene rings is 2. The third-order valence-electron chi connectivity index (χ3n) is 5.28. The first-order valence-corrected chi connectivity index (χ1v) is 10.5. The molecule has 5 nitrogen and oxygen atoms in total. The summed E-state index contributed by atoms with van der Waals surface area (Å²) in [6, 6.07) is 17.5. The summed E-state index contributed by atoms with van der Waals surface area (Å²) >= 11 is 3.46. The standard InChI is InChI=1S/C24H22BrN3O2/c1-15-4-6-18(7-5-15)14-27-23(29)22(26-24(27)30)13-19-12-16(2)28(17(19)3)21-10-8-20(25)9-11-21/h4-13H,14H2,1-3H3,(H,26,30)/b22-13-. The van der Waals surface area contributed by atoms with Gasteiger partial charge < -0.3 is 9.88 Å². The summed E-state index contributed by atoms with van der Waals surface area (Å²) in [4.78, 5) is 26.5. The van der Waals surface area contributed by atoms with E-state index in [2.05, 4.69) is 25.8 Å². The topological polar surface area (TPSA) is 54.3 Å². The number of imide groups is 1. The van der Waals surface area contributed by atoms with Crippen LogP contribution < -0.4 is 5.32 Å². The van der Waals surface area contributed by atoms with Gasteiger partial charge in [-0.15, -0.1) is 0 Å². The number of amides is 3. The summed E-state index contributed by atoms with van der Waals surface area (Å²) in [5.74, 6) is -0.311. The van der Waals surface area contributed by atoms with E-state index in [0.717, 1.165) is 38.2 Å². The van der Waals surface area contributed by atoms with Gasteiger partial charge in [-0.3, -0.25) is 9.69 Å². The van der Waals surface area contributed by atoms with Crippen LogP contribution in [0.1, 0.15) is 28.1 Å². The number of aromatic nitrogens is 1. The molecular weight excluding hydrogens is 442 g/mol. The molecule has 0 aliphatic carbocycles. The zero-order valence-corrected chi connectivity index (χ0v) is 18.7. The average Bonchev–Trinajstić information content (AvgIpc) is 3.14. The summed E-state index contributed by atoms with van der Waals surface area (Å²) in [6.45, 7) is 6.28. The quantitative estimate of drug-likeness (QED) is 0.423. The SMILES string of the molecule is Cc1ccc(CN2C(=O)N/C(=C\c3cc(C)n(-c4ccc(Br)cc4)c3C)C2=O)cc1. The molecule has 0 unspecified atom stereocenters. The number of hydrogen-bond acceptors (Lipinski definition) is 2. The minimum absolute atomic E-state index is 0.250. The summed E-state index contributed by atoms with van der Waals surface area (Å²) in [6.07, 6.45) is 1.76. The first-order chi connectivity index (χ1) is 14.3.